The number of fused-ring (bicyclic) bond motifs is 1. The van der Waals surface area contributed by atoms with E-state index in [1.165, 1.54) is 0 Å². The van der Waals surface area contributed by atoms with Gasteiger partial charge in [-0.25, -0.2) is 0 Å². The highest BCUT2D eigenvalue weighted by Gasteiger charge is 2.26. The number of aromatic nitrogens is 1. The molecule has 90 valence electrons. The van der Waals surface area contributed by atoms with Gasteiger partial charge < -0.3 is 4.57 Å². The van der Waals surface area contributed by atoms with E-state index in [4.69, 9.17) is 0 Å². The van der Waals surface area contributed by atoms with Crippen molar-refractivity contribution in [2.75, 3.05) is 0 Å². The molecule has 1 aromatic heterocycles. The summed E-state index contributed by atoms with van der Waals surface area (Å²) in [5, 5.41) is 1.06. The number of para-hydroxylation sites is 1. The van der Waals surface area contributed by atoms with E-state index in [-0.39, 0.29) is 11.2 Å². The topological polar surface area (TPSA) is 22.0 Å². The second-order valence-electron chi connectivity index (χ2n) is 5.61. The molecule has 1 heterocycles. The summed E-state index contributed by atoms with van der Waals surface area (Å²) in [7, 11) is 2.04. The van der Waals surface area contributed by atoms with Crippen molar-refractivity contribution in [2.45, 2.75) is 33.1 Å². The molecule has 0 amide bonds. The fourth-order valence-corrected chi connectivity index (χ4v) is 2.63. The highest BCUT2D eigenvalue weighted by atomic mass is 16.1. The molecule has 0 N–H and O–H groups in total. The Balaban J connectivity index is 2.96. The predicted molar refractivity (Wildman–Crippen MR) is 71.6 cm³/mol. The van der Waals surface area contributed by atoms with E-state index in [9.17, 15) is 4.79 Å². The van der Waals surface area contributed by atoms with Gasteiger partial charge in [0.05, 0.1) is 0 Å². The average Bonchev–Trinajstić information content (AvgIpc) is 2.52. The Hall–Kier alpha value is -1.57. The Morgan fingerprint density at radius 1 is 1.18 bits per heavy atom. The zero-order valence-electron chi connectivity index (χ0n) is 11.2. The summed E-state index contributed by atoms with van der Waals surface area (Å²) in [4.78, 5) is 11.9. The summed E-state index contributed by atoms with van der Waals surface area (Å²) in [5.74, 6) is 0.145. The van der Waals surface area contributed by atoms with Crippen molar-refractivity contribution in [3.63, 3.8) is 0 Å². The number of carbonyl (C=O) groups is 1. The van der Waals surface area contributed by atoms with E-state index in [0.717, 1.165) is 22.2 Å². The van der Waals surface area contributed by atoms with Gasteiger partial charge in [0.2, 0.25) is 0 Å². The Morgan fingerprint density at radius 3 is 2.29 bits per heavy atom. The van der Waals surface area contributed by atoms with Gasteiger partial charge in [-0.05, 0) is 13.0 Å². The largest absolute Gasteiger partial charge is 0.346 e. The van der Waals surface area contributed by atoms with Crippen molar-refractivity contribution in [1.82, 2.24) is 4.57 Å². The van der Waals surface area contributed by atoms with Crippen LogP contribution in [0.25, 0.3) is 10.9 Å². The highest BCUT2D eigenvalue weighted by Crippen LogP contribution is 2.33. The minimum atomic E-state index is -0.0330. The zero-order valence-corrected chi connectivity index (χ0v) is 11.2. The molecule has 0 aliphatic rings. The molecule has 0 saturated carbocycles. The second-order valence-corrected chi connectivity index (χ2v) is 5.61. The Bertz CT molecular complexity index is 585. The summed E-state index contributed by atoms with van der Waals surface area (Å²) in [6, 6.07) is 8.10. The Morgan fingerprint density at radius 2 is 1.76 bits per heavy atom. The lowest BCUT2D eigenvalue weighted by Crippen LogP contribution is -2.19. The monoisotopic (exact) mass is 229 g/mol. The van der Waals surface area contributed by atoms with Crippen molar-refractivity contribution in [3.8, 4) is 0 Å². The normalized spacial score (nSPS) is 12.1. The molecule has 0 spiro atoms. The quantitative estimate of drug-likeness (QED) is 0.684. The number of rotatable bonds is 1. The summed E-state index contributed by atoms with van der Waals surface area (Å²) in [6.45, 7) is 8.09. The third-order valence-corrected chi connectivity index (χ3v) is 3.17. The Labute approximate surface area is 102 Å². The maximum Gasteiger partial charge on any atom is 0.162 e. The van der Waals surface area contributed by atoms with Crippen LogP contribution in [0.5, 0.6) is 0 Å². The fourth-order valence-electron chi connectivity index (χ4n) is 2.63. The zero-order chi connectivity index (χ0) is 12.8. The van der Waals surface area contributed by atoms with Crippen LogP contribution in [0.2, 0.25) is 0 Å². The first kappa shape index (κ1) is 11.9. The summed E-state index contributed by atoms with van der Waals surface area (Å²) in [6.07, 6.45) is 0. The van der Waals surface area contributed by atoms with E-state index in [1.54, 1.807) is 6.92 Å². The van der Waals surface area contributed by atoms with E-state index >= 15 is 0 Å². The fraction of sp³-hybridized carbons (Fsp3) is 0.400. The van der Waals surface area contributed by atoms with Gasteiger partial charge >= 0.3 is 0 Å². The van der Waals surface area contributed by atoms with Gasteiger partial charge in [-0.2, -0.15) is 0 Å². The van der Waals surface area contributed by atoms with E-state index in [0.29, 0.717) is 0 Å². The predicted octanol–water partition coefficient (Wildman–Crippen LogP) is 3.68. The van der Waals surface area contributed by atoms with Gasteiger partial charge in [0.1, 0.15) is 0 Å². The van der Waals surface area contributed by atoms with Crippen LogP contribution in [0.1, 0.15) is 43.7 Å². The molecule has 0 aliphatic carbocycles. The first-order chi connectivity index (χ1) is 7.84. The number of ketones is 1. The maximum absolute atomic E-state index is 11.9. The molecule has 0 bridgehead atoms. The lowest BCUT2D eigenvalue weighted by molar-refractivity contribution is 0.101. The first-order valence-electron chi connectivity index (χ1n) is 5.93. The number of Topliss-reactive ketones (excluding diaryl/α,β-unsaturated/α-hetero) is 1. The van der Waals surface area contributed by atoms with Crippen LogP contribution >= 0.6 is 0 Å². The molecule has 2 rings (SSSR count). The van der Waals surface area contributed by atoms with Crippen LogP contribution in [0.4, 0.5) is 0 Å². The van der Waals surface area contributed by atoms with E-state index in [1.807, 2.05) is 25.2 Å². The Kier molecular flexibility index (Phi) is 2.61. The van der Waals surface area contributed by atoms with Gasteiger partial charge in [0.25, 0.3) is 0 Å². The minimum absolute atomic E-state index is 0.0330. The van der Waals surface area contributed by atoms with Gasteiger partial charge in [-0.15, -0.1) is 0 Å². The molecule has 0 atom stereocenters. The smallest absolute Gasteiger partial charge is 0.162 e. The summed E-state index contributed by atoms with van der Waals surface area (Å²) < 4.78 is 2.14. The van der Waals surface area contributed by atoms with Crippen LogP contribution in [0.15, 0.2) is 24.3 Å². The molecular weight excluding hydrogens is 210 g/mol. The molecule has 17 heavy (non-hydrogen) atoms. The lowest BCUT2D eigenvalue weighted by atomic mass is 9.87. The minimum Gasteiger partial charge on any atom is -0.346 e. The molecule has 2 aromatic rings. The SMILES string of the molecule is CC(=O)c1c(C(C)(C)C)n(C)c2ccccc12. The van der Waals surface area contributed by atoms with Crippen LogP contribution in [0, 0.1) is 0 Å². The van der Waals surface area contributed by atoms with Gasteiger partial charge in [0.15, 0.2) is 5.78 Å². The number of hydrogen-bond donors (Lipinski definition) is 0. The van der Waals surface area contributed by atoms with Crippen LogP contribution in [0.3, 0.4) is 0 Å². The summed E-state index contributed by atoms with van der Waals surface area (Å²) >= 11 is 0. The number of nitrogens with zero attached hydrogens (tertiary/aromatic N) is 1. The molecule has 2 heteroatoms. The van der Waals surface area contributed by atoms with Crippen molar-refractivity contribution < 1.29 is 4.79 Å². The van der Waals surface area contributed by atoms with Crippen LogP contribution < -0.4 is 0 Å². The van der Waals surface area contributed by atoms with E-state index in [2.05, 4.69) is 31.4 Å². The third-order valence-electron chi connectivity index (χ3n) is 3.17. The number of aryl methyl sites for hydroxylation is 1. The van der Waals surface area contributed by atoms with Crippen molar-refractivity contribution >= 4 is 16.7 Å². The van der Waals surface area contributed by atoms with Crippen LogP contribution in [-0.2, 0) is 12.5 Å². The molecular formula is C15H19NO. The molecule has 0 saturated heterocycles. The number of carbonyl (C=O) groups excluding carboxylic acids is 1. The first-order valence-corrected chi connectivity index (χ1v) is 5.93. The molecule has 0 fully saturated rings. The lowest BCUT2D eigenvalue weighted by Gasteiger charge is -2.21. The molecule has 0 unspecified atom stereocenters. The van der Waals surface area contributed by atoms with Crippen LogP contribution in [-0.4, -0.2) is 10.4 Å². The van der Waals surface area contributed by atoms with Gasteiger partial charge in [0, 0.05) is 34.6 Å². The standard InChI is InChI=1S/C15H19NO/c1-10(17)13-11-8-6-7-9-12(11)16(5)14(13)15(2,3)4/h6-9H,1-5H3. The second kappa shape index (κ2) is 3.73. The molecule has 1 aromatic carbocycles. The molecule has 0 radical (unpaired) electrons. The third kappa shape index (κ3) is 1.78. The van der Waals surface area contributed by atoms with Gasteiger partial charge in [-0.1, -0.05) is 39.0 Å². The van der Waals surface area contributed by atoms with Crippen molar-refractivity contribution in [3.05, 3.63) is 35.5 Å². The molecule has 0 aliphatic heterocycles. The highest BCUT2D eigenvalue weighted by molar-refractivity contribution is 6.08. The van der Waals surface area contributed by atoms with Crippen molar-refractivity contribution in [2.24, 2.45) is 7.05 Å². The van der Waals surface area contributed by atoms with Gasteiger partial charge in [-0.3, -0.25) is 4.79 Å². The maximum atomic E-state index is 11.9. The molecule has 2 nitrogen and oxygen atoms in total. The average molecular weight is 229 g/mol. The summed E-state index contributed by atoms with van der Waals surface area (Å²) in [5.41, 5.74) is 3.08. The van der Waals surface area contributed by atoms with Crippen molar-refractivity contribution in [1.29, 1.82) is 0 Å². The number of hydrogen-bond acceptors (Lipinski definition) is 1. The van der Waals surface area contributed by atoms with E-state index < -0.39 is 0 Å². The number of benzene rings is 1.